The molecule has 0 unspecified atom stereocenters. The van der Waals surface area contributed by atoms with Crippen LogP contribution in [0, 0.1) is 6.92 Å². The highest BCUT2D eigenvalue weighted by atomic mass is 16.7. The van der Waals surface area contributed by atoms with E-state index in [0.29, 0.717) is 12.4 Å². The number of ether oxygens (including phenoxy) is 2. The number of amides is 1. The Balaban J connectivity index is 1.14. The van der Waals surface area contributed by atoms with Crippen molar-refractivity contribution < 1.29 is 14.3 Å². The van der Waals surface area contributed by atoms with Crippen molar-refractivity contribution >= 4 is 11.6 Å². The van der Waals surface area contributed by atoms with Gasteiger partial charge in [0.05, 0.1) is 0 Å². The molecule has 170 valence electrons. The predicted octanol–water partition coefficient (Wildman–Crippen LogP) is 4.29. The first-order chi connectivity index (χ1) is 16.1. The van der Waals surface area contributed by atoms with Crippen LogP contribution in [0.4, 0.5) is 5.69 Å². The number of nitrogens with zero attached hydrogens (tertiary/aromatic N) is 2. The third-order valence-corrected chi connectivity index (χ3v) is 6.18. The van der Waals surface area contributed by atoms with Gasteiger partial charge in [-0.05, 0) is 60.0 Å². The SMILES string of the molecule is Cc1cccc(NC(=O)c2cccc(CN3CCN(Cc4ccc5c(c4)OCO5)CC3)c2)c1. The minimum Gasteiger partial charge on any atom is -0.454 e. The minimum absolute atomic E-state index is 0.0732. The van der Waals surface area contributed by atoms with Crippen molar-refractivity contribution in [2.24, 2.45) is 0 Å². The Bertz CT molecular complexity index is 1140. The number of rotatable bonds is 6. The van der Waals surface area contributed by atoms with E-state index in [-0.39, 0.29) is 5.91 Å². The third kappa shape index (κ3) is 5.35. The van der Waals surface area contributed by atoms with Crippen molar-refractivity contribution in [2.75, 3.05) is 38.3 Å². The van der Waals surface area contributed by atoms with Gasteiger partial charge in [0.15, 0.2) is 11.5 Å². The Morgan fingerprint density at radius 2 is 1.52 bits per heavy atom. The molecule has 2 aliphatic heterocycles. The number of carbonyl (C=O) groups is 1. The number of aryl methyl sites for hydroxylation is 1. The number of nitrogens with one attached hydrogen (secondary N) is 1. The number of hydrogen-bond donors (Lipinski definition) is 1. The van der Waals surface area contributed by atoms with Crippen molar-refractivity contribution in [3.63, 3.8) is 0 Å². The van der Waals surface area contributed by atoms with Crippen LogP contribution in [-0.4, -0.2) is 48.7 Å². The summed E-state index contributed by atoms with van der Waals surface area (Å²) in [5.74, 6) is 1.60. The molecule has 5 rings (SSSR count). The molecule has 3 aromatic rings. The van der Waals surface area contributed by atoms with E-state index in [9.17, 15) is 4.79 Å². The minimum atomic E-state index is -0.0732. The molecular weight excluding hydrogens is 414 g/mol. The summed E-state index contributed by atoms with van der Waals surface area (Å²) >= 11 is 0. The van der Waals surface area contributed by atoms with Crippen molar-refractivity contribution in [3.8, 4) is 11.5 Å². The Kier molecular flexibility index (Phi) is 6.28. The molecule has 2 heterocycles. The molecule has 0 bridgehead atoms. The molecule has 0 saturated carbocycles. The van der Waals surface area contributed by atoms with Crippen LogP contribution in [0.5, 0.6) is 11.5 Å². The molecule has 6 nitrogen and oxygen atoms in total. The first-order valence-corrected chi connectivity index (χ1v) is 11.4. The zero-order valence-corrected chi connectivity index (χ0v) is 18.9. The summed E-state index contributed by atoms with van der Waals surface area (Å²) in [6.07, 6.45) is 0. The van der Waals surface area contributed by atoms with E-state index in [1.807, 2.05) is 55.5 Å². The van der Waals surface area contributed by atoms with Gasteiger partial charge in [0.1, 0.15) is 0 Å². The van der Waals surface area contributed by atoms with Gasteiger partial charge in [0, 0.05) is 50.5 Å². The lowest BCUT2D eigenvalue weighted by atomic mass is 10.1. The normalized spacial score (nSPS) is 16.0. The van der Waals surface area contributed by atoms with E-state index in [1.165, 1.54) is 5.56 Å². The third-order valence-electron chi connectivity index (χ3n) is 6.18. The summed E-state index contributed by atoms with van der Waals surface area (Å²) in [5, 5.41) is 3.00. The van der Waals surface area contributed by atoms with E-state index in [2.05, 4.69) is 33.3 Å². The number of fused-ring (bicyclic) bond motifs is 1. The predicted molar refractivity (Wildman–Crippen MR) is 129 cm³/mol. The average molecular weight is 444 g/mol. The number of hydrogen-bond acceptors (Lipinski definition) is 5. The summed E-state index contributed by atoms with van der Waals surface area (Å²) in [4.78, 5) is 17.6. The molecule has 0 radical (unpaired) electrons. The van der Waals surface area contributed by atoms with Gasteiger partial charge in [0.2, 0.25) is 6.79 Å². The highest BCUT2D eigenvalue weighted by molar-refractivity contribution is 6.04. The number of benzene rings is 3. The summed E-state index contributed by atoms with van der Waals surface area (Å²) in [5.41, 5.74) is 5.05. The molecule has 2 aliphatic rings. The van der Waals surface area contributed by atoms with Crippen LogP contribution in [0.15, 0.2) is 66.7 Å². The molecule has 0 aromatic heterocycles. The van der Waals surface area contributed by atoms with Gasteiger partial charge >= 0.3 is 0 Å². The van der Waals surface area contributed by atoms with Crippen LogP contribution in [0.3, 0.4) is 0 Å². The fourth-order valence-corrected chi connectivity index (χ4v) is 4.40. The van der Waals surface area contributed by atoms with Gasteiger partial charge in [0.25, 0.3) is 5.91 Å². The topological polar surface area (TPSA) is 54.0 Å². The van der Waals surface area contributed by atoms with Gasteiger partial charge in [-0.25, -0.2) is 0 Å². The smallest absolute Gasteiger partial charge is 0.255 e. The van der Waals surface area contributed by atoms with Gasteiger partial charge < -0.3 is 14.8 Å². The average Bonchev–Trinajstić information content (AvgIpc) is 3.29. The molecular formula is C27H29N3O3. The molecule has 1 N–H and O–H groups in total. The lowest BCUT2D eigenvalue weighted by Crippen LogP contribution is -2.45. The van der Waals surface area contributed by atoms with Crippen molar-refractivity contribution in [3.05, 3.63) is 89.0 Å². The van der Waals surface area contributed by atoms with E-state index >= 15 is 0 Å². The first-order valence-electron chi connectivity index (χ1n) is 11.4. The lowest BCUT2D eigenvalue weighted by Gasteiger charge is -2.34. The molecule has 3 aromatic carbocycles. The first kappa shape index (κ1) is 21.5. The fourth-order valence-electron chi connectivity index (χ4n) is 4.40. The van der Waals surface area contributed by atoms with E-state index in [1.54, 1.807) is 0 Å². The summed E-state index contributed by atoms with van der Waals surface area (Å²) in [6.45, 7) is 8.14. The molecule has 1 saturated heterocycles. The molecule has 0 atom stereocenters. The quantitative estimate of drug-likeness (QED) is 0.616. The summed E-state index contributed by atoms with van der Waals surface area (Å²) in [6, 6.07) is 22.0. The fraction of sp³-hybridized carbons (Fsp3) is 0.296. The maximum absolute atomic E-state index is 12.7. The Morgan fingerprint density at radius 1 is 0.818 bits per heavy atom. The largest absolute Gasteiger partial charge is 0.454 e. The van der Waals surface area contributed by atoms with Gasteiger partial charge in [-0.3, -0.25) is 14.6 Å². The zero-order chi connectivity index (χ0) is 22.6. The van der Waals surface area contributed by atoms with Gasteiger partial charge in [-0.1, -0.05) is 30.3 Å². The summed E-state index contributed by atoms with van der Waals surface area (Å²) in [7, 11) is 0. The van der Waals surface area contributed by atoms with Crippen LogP contribution < -0.4 is 14.8 Å². The maximum atomic E-state index is 12.7. The van der Waals surface area contributed by atoms with Gasteiger partial charge in [-0.15, -0.1) is 0 Å². The number of anilines is 1. The standard InChI is InChI=1S/C27H29N3O3/c1-20-4-2-7-24(14-20)28-27(31)23-6-3-5-21(15-23)17-29-10-12-30(13-11-29)18-22-8-9-25-26(16-22)33-19-32-25/h2-9,14-16H,10-13,17-19H2,1H3,(H,28,31). The van der Waals surface area contributed by atoms with Crippen molar-refractivity contribution in [2.45, 2.75) is 20.0 Å². The monoisotopic (exact) mass is 443 g/mol. The van der Waals surface area contributed by atoms with E-state index < -0.39 is 0 Å². The van der Waals surface area contributed by atoms with Crippen molar-refractivity contribution in [1.29, 1.82) is 0 Å². The Labute approximate surface area is 194 Å². The zero-order valence-electron chi connectivity index (χ0n) is 18.9. The number of piperazine rings is 1. The van der Waals surface area contributed by atoms with Crippen molar-refractivity contribution in [1.82, 2.24) is 9.80 Å². The molecule has 1 fully saturated rings. The molecule has 0 spiro atoms. The van der Waals surface area contributed by atoms with Crippen LogP contribution in [-0.2, 0) is 13.1 Å². The molecule has 0 aliphatic carbocycles. The van der Waals surface area contributed by atoms with Gasteiger partial charge in [-0.2, -0.15) is 0 Å². The maximum Gasteiger partial charge on any atom is 0.255 e. The highest BCUT2D eigenvalue weighted by Crippen LogP contribution is 2.32. The van der Waals surface area contributed by atoms with Crippen LogP contribution in [0.1, 0.15) is 27.0 Å². The second-order valence-corrected chi connectivity index (χ2v) is 8.76. The number of carbonyl (C=O) groups excluding carboxylic acids is 1. The van der Waals surface area contributed by atoms with Crippen LogP contribution in [0.2, 0.25) is 0 Å². The second-order valence-electron chi connectivity index (χ2n) is 8.76. The van der Waals surface area contributed by atoms with E-state index in [4.69, 9.17) is 9.47 Å². The van der Waals surface area contributed by atoms with E-state index in [0.717, 1.165) is 67.6 Å². The molecule has 33 heavy (non-hydrogen) atoms. The lowest BCUT2D eigenvalue weighted by molar-refractivity contribution is 0.102. The molecule has 1 amide bonds. The Hall–Kier alpha value is -3.35. The van der Waals surface area contributed by atoms with Crippen LogP contribution in [0.25, 0.3) is 0 Å². The second kappa shape index (κ2) is 9.65. The molecule has 6 heteroatoms. The highest BCUT2D eigenvalue weighted by Gasteiger charge is 2.19. The summed E-state index contributed by atoms with van der Waals surface area (Å²) < 4.78 is 10.9. The Morgan fingerprint density at radius 3 is 2.27 bits per heavy atom. The van der Waals surface area contributed by atoms with Crippen LogP contribution >= 0.6 is 0 Å².